The van der Waals surface area contributed by atoms with E-state index in [9.17, 15) is 4.79 Å². The predicted molar refractivity (Wildman–Crippen MR) is 108 cm³/mol. The molecule has 8 heteroatoms. The highest BCUT2D eigenvalue weighted by atomic mass is 79.9. The van der Waals surface area contributed by atoms with E-state index in [-0.39, 0.29) is 12.5 Å². The zero-order valence-electron chi connectivity index (χ0n) is 15.2. The van der Waals surface area contributed by atoms with Gasteiger partial charge in [0.2, 0.25) is 11.8 Å². The van der Waals surface area contributed by atoms with Crippen molar-refractivity contribution in [3.05, 3.63) is 57.6 Å². The Bertz CT molecular complexity index is 937. The SMILES string of the molecule is CCCN(Cc1nnc(-c2ccccc2Cl)o1)C(=O)c1cc(Br)cn1CC. The summed E-state index contributed by atoms with van der Waals surface area (Å²) >= 11 is 9.63. The van der Waals surface area contributed by atoms with Crippen LogP contribution in [0, 0.1) is 0 Å². The van der Waals surface area contributed by atoms with E-state index in [2.05, 4.69) is 26.1 Å². The summed E-state index contributed by atoms with van der Waals surface area (Å²) in [6.07, 6.45) is 2.73. The second kappa shape index (κ2) is 8.71. The Kier molecular flexibility index (Phi) is 6.34. The molecule has 6 nitrogen and oxygen atoms in total. The van der Waals surface area contributed by atoms with Gasteiger partial charge in [-0.1, -0.05) is 30.7 Å². The predicted octanol–water partition coefficient (Wildman–Crippen LogP) is 5.03. The van der Waals surface area contributed by atoms with E-state index in [4.69, 9.17) is 16.0 Å². The highest BCUT2D eigenvalue weighted by molar-refractivity contribution is 9.10. The molecule has 142 valence electrons. The molecule has 0 spiro atoms. The van der Waals surface area contributed by atoms with Crippen LogP contribution in [0.5, 0.6) is 0 Å². The summed E-state index contributed by atoms with van der Waals surface area (Å²) < 4.78 is 8.55. The summed E-state index contributed by atoms with van der Waals surface area (Å²) in [5.41, 5.74) is 1.30. The van der Waals surface area contributed by atoms with Crippen LogP contribution in [-0.2, 0) is 13.1 Å². The van der Waals surface area contributed by atoms with Crippen molar-refractivity contribution in [3.8, 4) is 11.5 Å². The lowest BCUT2D eigenvalue weighted by atomic mass is 10.2. The van der Waals surface area contributed by atoms with Crippen LogP contribution in [0.25, 0.3) is 11.5 Å². The van der Waals surface area contributed by atoms with Gasteiger partial charge in [-0.15, -0.1) is 10.2 Å². The highest BCUT2D eigenvalue weighted by Crippen LogP contribution is 2.26. The van der Waals surface area contributed by atoms with Crippen molar-refractivity contribution in [2.24, 2.45) is 0 Å². The van der Waals surface area contributed by atoms with Crippen LogP contribution in [-0.4, -0.2) is 32.1 Å². The minimum Gasteiger partial charge on any atom is -0.419 e. The average molecular weight is 452 g/mol. The monoisotopic (exact) mass is 450 g/mol. The van der Waals surface area contributed by atoms with Crippen molar-refractivity contribution < 1.29 is 9.21 Å². The lowest BCUT2D eigenvalue weighted by Gasteiger charge is -2.21. The van der Waals surface area contributed by atoms with Crippen LogP contribution >= 0.6 is 27.5 Å². The molecule has 2 heterocycles. The minimum atomic E-state index is -0.0677. The van der Waals surface area contributed by atoms with Crippen molar-refractivity contribution in [2.45, 2.75) is 33.4 Å². The molecule has 0 radical (unpaired) electrons. The number of amides is 1. The molecule has 3 aromatic rings. The van der Waals surface area contributed by atoms with Crippen molar-refractivity contribution in [2.75, 3.05) is 6.54 Å². The first kappa shape index (κ1) is 19.6. The molecule has 0 atom stereocenters. The number of hydrogen-bond donors (Lipinski definition) is 0. The van der Waals surface area contributed by atoms with Gasteiger partial charge in [0.15, 0.2) is 0 Å². The molecule has 0 N–H and O–H groups in total. The van der Waals surface area contributed by atoms with Gasteiger partial charge in [0.1, 0.15) is 5.69 Å². The Balaban J connectivity index is 1.83. The Hall–Kier alpha value is -2.12. The quantitative estimate of drug-likeness (QED) is 0.505. The van der Waals surface area contributed by atoms with Gasteiger partial charge in [-0.25, -0.2) is 0 Å². The van der Waals surface area contributed by atoms with E-state index < -0.39 is 0 Å². The van der Waals surface area contributed by atoms with Gasteiger partial charge in [-0.05, 0) is 47.5 Å². The number of nitrogens with zero attached hydrogens (tertiary/aromatic N) is 4. The molecular weight excluding hydrogens is 432 g/mol. The number of aromatic nitrogens is 3. The number of benzene rings is 1. The maximum absolute atomic E-state index is 13.0. The molecule has 0 fully saturated rings. The van der Waals surface area contributed by atoms with Gasteiger partial charge in [0, 0.05) is 23.8 Å². The fraction of sp³-hybridized carbons (Fsp3) is 0.316. The van der Waals surface area contributed by atoms with Gasteiger partial charge < -0.3 is 13.9 Å². The first-order valence-electron chi connectivity index (χ1n) is 8.75. The number of carbonyl (C=O) groups is 1. The van der Waals surface area contributed by atoms with E-state index in [1.165, 1.54) is 0 Å². The van der Waals surface area contributed by atoms with Crippen LogP contribution in [0.15, 0.2) is 45.4 Å². The van der Waals surface area contributed by atoms with Crippen LogP contribution in [0.4, 0.5) is 0 Å². The van der Waals surface area contributed by atoms with Crippen LogP contribution in [0.3, 0.4) is 0 Å². The Labute approximate surface area is 171 Å². The lowest BCUT2D eigenvalue weighted by Crippen LogP contribution is -2.32. The lowest BCUT2D eigenvalue weighted by molar-refractivity contribution is 0.0718. The van der Waals surface area contributed by atoms with E-state index in [1.54, 1.807) is 11.0 Å². The summed E-state index contributed by atoms with van der Waals surface area (Å²) in [7, 11) is 0. The molecule has 0 saturated carbocycles. The minimum absolute atomic E-state index is 0.0677. The van der Waals surface area contributed by atoms with Crippen LogP contribution in [0.2, 0.25) is 5.02 Å². The van der Waals surface area contributed by atoms with Crippen molar-refractivity contribution in [1.82, 2.24) is 19.7 Å². The Morgan fingerprint density at radius 1 is 1.30 bits per heavy atom. The number of aryl methyl sites for hydroxylation is 1. The third kappa shape index (κ3) is 4.42. The first-order chi connectivity index (χ1) is 13.0. The third-order valence-electron chi connectivity index (χ3n) is 4.10. The molecule has 0 aliphatic heterocycles. The van der Waals surface area contributed by atoms with Crippen LogP contribution < -0.4 is 0 Å². The molecule has 0 saturated heterocycles. The molecule has 27 heavy (non-hydrogen) atoms. The fourth-order valence-corrected chi connectivity index (χ4v) is 3.50. The van der Waals surface area contributed by atoms with E-state index >= 15 is 0 Å². The number of carbonyl (C=O) groups excluding carboxylic acids is 1. The molecule has 0 unspecified atom stereocenters. The zero-order valence-corrected chi connectivity index (χ0v) is 17.5. The number of halogens is 2. The Morgan fingerprint density at radius 3 is 2.78 bits per heavy atom. The Morgan fingerprint density at radius 2 is 2.07 bits per heavy atom. The normalized spacial score (nSPS) is 11.0. The molecule has 3 rings (SSSR count). The maximum Gasteiger partial charge on any atom is 0.270 e. The van der Waals surface area contributed by atoms with Gasteiger partial charge in [-0.3, -0.25) is 4.79 Å². The smallest absolute Gasteiger partial charge is 0.270 e. The summed E-state index contributed by atoms with van der Waals surface area (Å²) in [5, 5.41) is 8.71. The molecular formula is C19H20BrClN4O2. The number of hydrogen-bond acceptors (Lipinski definition) is 4. The molecule has 2 aromatic heterocycles. The number of rotatable bonds is 7. The summed E-state index contributed by atoms with van der Waals surface area (Å²) in [6, 6.07) is 9.11. The van der Waals surface area contributed by atoms with Crippen molar-refractivity contribution in [1.29, 1.82) is 0 Å². The van der Waals surface area contributed by atoms with Crippen LogP contribution in [0.1, 0.15) is 36.6 Å². The van der Waals surface area contributed by atoms with Gasteiger partial charge >= 0.3 is 0 Å². The van der Waals surface area contributed by atoms with Gasteiger partial charge in [0.25, 0.3) is 5.91 Å². The summed E-state index contributed by atoms with van der Waals surface area (Å²) in [4.78, 5) is 14.8. The molecule has 0 aliphatic carbocycles. The molecule has 0 aliphatic rings. The fourth-order valence-electron chi connectivity index (χ4n) is 2.82. The molecule has 1 aromatic carbocycles. The van der Waals surface area contributed by atoms with E-state index in [0.717, 1.165) is 10.9 Å². The summed E-state index contributed by atoms with van der Waals surface area (Å²) in [5.74, 6) is 0.654. The maximum atomic E-state index is 13.0. The molecule has 0 bridgehead atoms. The second-order valence-electron chi connectivity index (χ2n) is 6.04. The van der Waals surface area contributed by atoms with Crippen molar-refractivity contribution in [3.63, 3.8) is 0 Å². The van der Waals surface area contributed by atoms with E-state index in [0.29, 0.717) is 41.2 Å². The average Bonchev–Trinajstić information content (AvgIpc) is 3.27. The third-order valence-corrected chi connectivity index (χ3v) is 4.86. The standard InChI is InChI=1S/C19H20BrClN4O2/c1-3-9-25(19(26)16-10-13(20)11-24(16)4-2)12-17-22-23-18(27-17)14-7-5-6-8-15(14)21/h5-8,10-11H,3-4,9,12H2,1-2H3. The molecule has 1 amide bonds. The summed E-state index contributed by atoms with van der Waals surface area (Å²) in [6.45, 7) is 5.58. The second-order valence-corrected chi connectivity index (χ2v) is 7.36. The van der Waals surface area contributed by atoms with Crippen molar-refractivity contribution >= 4 is 33.4 Å². The highest BCUT2D eigenvalue weighted by Gasteiger charge is 2.22. The van der Waals surface area contributed by atoms with Gasteiger partial charge in [-0.2, -0.15) is 0 Å². The zero-order chi connectivity index (χ0) is 19.4. The first-order valence-corrected chi connectivity index (χ1v) is 9.92. The topological polar surface area (TPSA) is 64.2 Å². The largest absolute Gasteiger partial charge is 0.419 e. The van der Waals surface area contributed by atoms with Gasteiger partial charge in [0.05, 0.1) is 17.1 Å². The van der Waals surface area contributed by atoms with E-state index in [1.807, 2.05) is 48.9 Å².